The second-order valence-corrected chi connectivity index (χ2v) is 5.97. The molecule has 0 aliphatic heterocycles. The minimum absolute atomic E-state index is 0.0160. The monoisotopic (exact) mass is 338 g/mol. The Balaban J connectivity index is 2.19. The molecule has 3 rings (SSSR count). The van der Waals surface area contributed by atoms with Gasteiger partial charge in [0.25, 0.3) is 5.56 Å². The van der Waals surface area contributed by atoms with Gasteiger partial charge in [-0.1, -0.05) is 30.3 Å². The molecule has 0 aliphatic rings. The third-order valence-electron chi connectivity index (χ3n) is 4.32. The summed E-state index contributed by atoms with van der Waals surface area (Å²) >= 11 is 0. The fraction of sp³-hybridized carbons (Fsp3) is 0.316. The van der Waals surface area contributed by atoms with E-state index in [0.29, 0.717) is 29.9 Å². The zero-order valence-corrected chi connectivity index (χ0v) is 14.7. The van der Waals surface area contributed by atoms with E-state index in [2.05, 4.69) is 9.97 Å². The zero-order valence-electron chi connectivity index (χ0n) is 14.7. The molecular weight excluding hydrogens is 316 g/mol. The average molecular weight is 338 g/mol. The van der Waals surface area contributed by atoms with Crippen molar-refractivity contribution in [1.82, 2.24) is 19.4 Å². The van der Waals surface area contributed by atoms with Crippen LogP contribution >= 0.6 is 0 Å². The van der Waals surface area contributed by atoms with E-state index in [-0.39, 0.29) is 18.0 Å². The number of aromatic nitrogens is 3. The van der Waals surface area contributed by atoms with Crippen molar-refractivity contribution in [2.24, 2.45) is 0 Å². The number of hydrogen-bond donors (Lipinski definition) is 1. The Kier molecular flexibility index (Phi) is 4.70. The van der Waals surface area contributed by atoms with Crippen LogP contribution in [0.1, 0.15) is 19.5 Å². The first-order valence-corrected chi connectivity index (χ1v) is 8.48. The summed E-state index contributed by atoms with van der Waals surface area (Å²) in [5, 5.41) is 0.504. The molecular formula is C19H22N4O2. The van der Waals surface area contributed by atoms with Crippen molar-refractivity contribution in [3.63, 3.8) is 0 Å². The Morgan fingerprint density at radius 3 is 2.52 bits per heavy atom. The van der Waals surface area contributed by atoms with Gasteiger partial charge in [-0.05, 0) is 26.8 Å². The van der Waals surface area contributed by atoms with Gasteiger partial charge in [-0.15, -0.1) is 0 Å². The van der Waals surface area contributed by atoms with Crippen LogP contribution in [0.15, 0.2) is 41.2 Å². The first kappa shape index (κ1) is 17.0. The van der Waals surface area contributed by atoms with Crippen LogP contribution < -0.4 is 5.56 Å². The highest BCUT2D eigenvalue weighted by molar-refractivity contribution is 5.80. The van der Waals surface area contributed by atoms with Gasteiger partial charge < -0.3 is 9.88 Å². The molecule has 0 atom stereocenters. The van der Waals surface area contributed by atoms with E-state index in [0.717, 1.165) is 11.3 Å². The molecule has 2 heterocycles. The highest BCUT2D eigenvalue weighted by Crippen LogP contribution is 2.19. The number of carbonyl (C=O) groups is 1. The predicted molar refractivity (Wildman–Crippen MR) is 98.5 cm³/mol. The van der Waals surface area contributed by atoms with Crippen LogP contribution in [0.25, 0.3) is 22.4 Å². The largest absolute Gasteiger partial charge is 0.343 e. The van der Waals surface area contributed by atoms with Gasteiger partial charge in [-0.2, -0.15) is 0 Å². The lowest BCUT2D eigenvalue weighted by atomic mass is 10.2. The molecule has 25 heavy (non-hydrogen) atoms. The molecule has 0 unspecified atom stereocenters. The van der Waals surface area contributed by atoms with Crippen LogP contribution in [0.4, 0.5) is 0 Å². The second kappa shape index (κ2) is 6.93. The molecule has 0 spiro atoms. The van der Waals surface area contributed by atoms with Gasteiger partial charge in [0.15, 0.2) is 0 Å². The second-order valence-electron chi connectivity index (χ2n) is 5.97. The number of hydrogen-bond acceptors (Lipinski definition) is 3. The Morgan fingerprint density at radius 1 is 1.20 bits per heavy atom. The maximum absolute atomic E-state index is 13.0. The summed E-state index contributed by atoms with van der Waals surface area (Å²) in [6.45, 7) is 6.96. The topological polar surface area (TPSA) is 71.0 Å². The SMILES string of the molecule is CCN(CC)C(=O)Cn1c(-c2ccccc2)nc2[nH]c(C)cc2c1=O. The lowest BCUT2D eigenvalue weighted by Gasteiger charge is -2.20. The molecule has 0 radical (unpaired) electrons. The Bertz CT molecular complexity index is 953. The summed E-state index contributed by atoms with van der Waals surface area (Å²) in [4.78, 5) is 35.0. The summed E-state index contributed by atoms with van der Waals surface area (Å²) in [6, 6.07) is 11.2. The molecule has 0 fully saturated rings. The minimum Gasteiger partial charge on any atom is -0.343 e. The number of carbonyl (C=O) groups excluding carboxylic acids is 1. The van der Waals surface area contributed by atoms with E-state index in [1.807, 2.05) is 51.1 Å². The molecule has 0 saturated heterocycles. The smallest absolute Gasteiger partial charge is 0.263 e. The van der Waals surface area contributed by atoms with E-state index >= 15 is 0 Å². The van der Waals surface area contributed by atoms with Crippen LogP contribution in [0.5, 0.6) is 0 Å². The van der Waals surface area contributed by atoms with Gasteiger partial charge in [-0.25, -0.2) is 4.98 Å². The Hall–Kier alpha value is -2.89. The van der Waals surface area contributed by atoms with Gasteiger partial charge in [0.1, 0.15) is 18.0 Å². The van der Waals surface area contributed by atoms with Crippen molar-refractivity contribution in [3.8, 4) is 11.4 Å². The molecule has 6 heteroatoms. The molecule has 3 aromatic rings. The van der Waals surface area contributed by atoms with Gasteiger partial charge in [0.2, 0.25) is 5.91 Å². The molecule has 2 aromatic heterocycles. The molecule has 1 N–H and O–H groups in total. The number of rotatable bonds is 5. The predicted octanol–water partition coefficient (Wildman–Crippen LogP) is 2.57. The fourth-order valence-electron chi connectivity index (χ4n) is 3.00. The zero-order chi connectivity index (χ0) is 18.0. The summed E-state index contributed by atoms with van der Waals surface area (Å²) in [6.07, 6.45) is 0. The van der Waals surface area contributed by atoms with E-state index < -0.39 is 0 Å². The number of fused-ring (bicyclic) bond motifs is 1. The molecule has 0 bridgehead atoms. The van der Waals surface area contributed by atoms with Gasteiger partial charge >= 0.3 is 0 Å². The van der Waals surface area contributed by atoms with Crippen LogP contribution in [0.2, 0.25) is 0 Å². The maximum atomic E-state index is 13.0. The quantitative estimate of drug-likeness (QED) is 0.777. The number of nitrogens with zero attached hydrogens (tertiary/aromatic N) is 3. The lowest BCUT2D eigenvalue weighted by molar-refractivity contribution is -0.131. The maximum Gasteiger partial charge on any atom is 0.263 e. The number of nitrogens with one attached hydrogen (secondary N) is 1. The van der Waals surface area contributed by atoms with Crippen LogP contribution in [0.3, 0.4) is 0 Å². The highest BCUT2D eigenvalue weighted by atomic mass is 16.2. The van der Waals surface area contributed by atoms with E-state index in [9.17, 15) is 9.59 Å². The third kappa shape index (κ3) is 3.20. The minimum atomic E-state index is -0.200. The van der Waals surface area contributed by atoms with Crippen molar-refractivity contribution >= 4 is 16.9 Å². The average Bonchev–Trinajstić information content (AvgIpc) is 3.00. The van der Waals surface area contributed by atoms with Crippen molar-refractivity contribution in [3.05, 3.63) is 52.4 Å². The molecule has 1 aromatic carbocycles. The number of aromatic amines is 1. The van der Waals surface area contributed by atoms with Gasteiger partial charge in [-0.3, -0.25) is 14.2 Å². The summed E-state index contributed by atoms with van der Waals surface area (Å²) in [5.74, 6) is 0.415. The summed E-state index contributed by atoms with van der Waals surface area (Å²) in [5.41, 5.74) is 2.02. The van der Waals surface area contributed by atoms with Crippen molar-refractivity contribution in [2.75, 3.05) is 13.1 Å². The Labute approximate surface area is 146 Å². The standard InChI is InChI=1S/C19H22N4O2/c1-4-22(5-2)16(24)12-23-18(14-9-7-6-8-10-14)21-17-15(19(23)25)11-13(3)20-17/h6-11,20H,4-5,12H2,1-3H3. The molecule has 130 valence electrons. The molecule has 6 nitrogen and oxygen atoms in total. The van der Waals surface area contributed by atoms with E-state index in [1.54, 1.807) is 11.0 Å². The van der Waals surface area contributed by atoms with Gasteiger partial charge in [0.05, 0.1) is 5.39 Å². The number of H-pyrrole nitrogens is 1. The van der Waals surface area contributed by atoms with Crippen molar-refractivity contribution in [2.45, 2.75) is 27.3 Å². The Morgan fingerprint density at radius 2 is 1.88 bits per heavy atom. The van der Waals surface area contributed by atoms with Crippen LogP contribution in [-0.2, 0) is 11.3 Å². The normalized spacial score (nSPS) is 11.0. The first-order chi connectivity index (χ1) is 12.0. The number of likely N-dealkylation sites (N-methyl/N-ethyl adjacent to an activating group) is 1. The lowest BCUT2D eigenvalue weighted by Crippen LogP contribution is -2.37. The molecule has 0 aliphatic carbocycles. The molecule has 0 saturated carbocycles. The number of aryl methyl sites for hydroxylation is 1. The van der Waals surface area contributed by atoms with Crippen molar-refractivity contribution < 1.29 is 4.79 Å². The van der Waals surface area contributed by atoms with Crippen LogP contribution in [0, 0.1) is 6.92 Å². The number of amides is 1. The van der Waals surface area contributed by atoms with Gasteiger partial charge in [0, 0.05) is 24.3 Å². The van der Waals surface area contributed by atoms with E-state index in [1.165, 1.54) is 4.57 Å². The fourth-order valence-corrected chi connectivity index (χ4v) is 3.00. The van der Waals surface area contributed by atoms with E-state index in [4.69, 9.17) is 0 Å². The number of benzene rings is 1. The first-order valence-electron chi connectivity index (χ1n) is 8.48. The summed E-state index contributed by atoms with van der Waals surface area (Å²) < 4.78 is 1.48. The van der Waals surface area contributed by atoms with Crippen molar-refractivity contribution in [1.29, 1.82) is 0 Å². The summed E-state index contributed by atoms with van der Waals surface area (Å²) in [7, 11) is 0. The molecule has 1 amide bonds. The highest BCUT2D eigenvalue weighted by Gasteiger charge is 2.18. The van der Waals surface area contributed by atoms with Crippen LogP contribution in [-0.4, -0.2) is 38.4 Å². The third-order valence-corrected chi connectivity index (χ3v) is 4.32.